The number of carbonyl (C=O) groups excluding carboxylic acids is 6. The van der Waals surface area contributed by atoms with E-state index in [0.29, 0.717) is 71.3 Å². The Kier molecular flexibility index (Phi) is 13.8. The first-order valence-electron chi connectivity index (χ1n) is 21.5. The quantitative estimate of drug-likeness (QED) is 0.0893. The van der Waals surface area contributed by atoms with Gasteiger partial charge in [0, 0.05) is 61.4 Å². The van der Waals surface area contributed by atoms with Gasteiger partial charge >= 0.3 is 0 Å². The summed E-state index contributed by atoms with van der Waals surface area (Å²) in [7, 11) is 3.32. The molecule has 324 valence electrons. The van der Waals surface area contributed by atoms with Crippen molar-refractivity contribution in [2.75, 3.05) is 54.2 Å². The summed E-state index contributed by atoms with van der Waals surface area (Å²) in [5.41, 5.74) is 3.47. The maximum Gasteiger partial charge on any atom is 0.255 e. The minimum atomic E-state index is -0.713. The lowest BCUT2D eigenvalue weighted by atomic mass is 10.0. The fourth-order valence-electron chi connectivity index (χ4n) is 8.77. The summed E-state index contributed by atoms with van der Waals surface area (Å²) in [4.78, 5) is 90.9. The number of fused-ring (bicyclic) bond motifs is 2. The van der Waals surface area contributed by atoms with Crippen LogP contribution in [0, 0.1) is 0 Å². The molecule has 4 aliphatic rings. The second-order valence-electron chi connectivity index (χ2n) is 16.1. The van der Waals surface area contributed by atoms with E-state index in [2.05, 4.69) is 36.5 Å². The molecule has 5 N–H and O–H groups in total. The Morgan fingerprint density at radius 1 is 0.951 bits per heavy atom. The summed E-state index contributed by atoms with van der Waals surface area (Å²) >= 11 is 0. The van der Waals surface area contributed by atoms with Crippen LogP contribution < -0.4 is 41.1 Å². The number of ether oxygens (including phenoxy) is 1. The smallest absolute Gasteiger partial charge is 0.255 e. The average molecular weight is 837 g/mol. The number of hydrogen-bond acceptors (Lipinski definition) is 12. The van der Waals surface area contributed by atoms with Gasteiger partial charge < -0.3 is 40.7 Å². The van der Waals surface area contributed by atoms with Crippen LogP contribution in [0.15, 0.2) is 42.6 Å². The SMILES string of the molecule is CC[C@@H]1C(=O)N(C)c2cnc(Nc3ccc(C(=O)NCCCNCCCCCC(=O)Nc4cccc5c4CN(C4CCC(=O)NC4=O)C5=O)cc3OC)nc2N1C1CCCC1. The molecule has 1 unspecified atom stereocenters. The van der Waals surface area contributed by atoms with Crippen molar-refractivity contribution in [2.24, 2.45) is 0 Å². The summed E-state index contributed by atoms with van der Waals surface area (Å²) in [6.07, 6.45) is 10.7. The van der Waals surface area contributed by atoms with Crippen LogP contribution in [0.1, 0.15) is 110 Å². The first kappa shape index (κ1) is 43.0. The minimum Gasteiger partial charge on any atom is -0.495 e. The number of nitrogens with zero attached hydrogens (tertiary/aromatic N) is 5. The van der Waals surface area contributed by atoms with Gasteiger partial charge in [-0.15, -0.1) is 0 Å². The number of benzene rings is 2. The summed E-state index contributed by atoms with van der Waals surface area (Å²) in [6, 6.07) is 9.63. The summed E-state index contributed by atoms with van der Waals surface area (Å²) in [5.74, 6) is 0.220. The van der Waals surface area contributed by atoms with E-state index in [-0.39, 0.29) is 61.0 Å². The van der Waals surface area contributed by atoms with Gasteiger partial charge in [0.2, 0.25) is 29.6 Å². The minimum absolute atomic E-state index is 0.0598. The highest BCUT2D eigenvalue weighted by atomic mass is 16.5. The van der Waals surface area contributed by atoms with Gasteiger partial charge in [0.05, 0.1) is 19.0 Å². The first-order valence-corrected chi connectivity index (χ1v) is 21.5. The number of piperidine rings is 1. The van der Waals surface area contributed by atoms with E-state index >= 15 is 0 Å². The maximum atomic E-state index is 13.3. The number of methoxy groups -OCH3 is 1. The molecular weight excluding hydrogens is 781 g/mol. The van der Waals surface area contributed by atoms with Gasteiger partial charge in [0.25, 0.3) is 11.8 Å². The van der Waals surface area contributed by atoms with Crippen molar-refractivity contribution in [2.45, 2.75) is 109 Å². The third kappa shape index (κ3) is 9.61. The fraction of sp³-hybridized carbons (Fsp3) is 0.500. The molecule has 1 saturated heterocycles. The van der Waals surface area contributed by atoms with Crippen LogP contribution in [0.3, 0.4) is 0 Å². The average Bonchev–Trinajstić information content (AvgIpc) is 3.91. The molecule has 4 heterocycles. The van der Waals surface area contributed by atoms with Crippen molar-refractivity contribution in [3.63, 3.8) is 0 Å². The van der Waals surface area contributed by atoms with Crippen LogP contribution in [0.2, 0.25) is 0 Å². The van der Waals surface area contributed by atoms with Crippen molar-refractivity contribution in [1.82, 2.24) is 30.8 Å². The summed E-state index contributed by atoms with van der Waals surface area (Å²) in [5, 5.41) is 14.9. The van der Waals surface area contributed by atoms with Crippen molar-refractivity contribution >= 4 is 64.3 Å². The predicted molar refractivity (Wildman–Crippen MR) is 230 cm³/mol. The molecule has 17 heteroatoms. The highest BCUT2D eigenvalue weighted by molar-refractivity contribution is 6.07. The number of aromatic nitrogens is 2. The Hall–Kier alpha value is -6.10. The number of unbranched alkanes of at least 4 members (excludes halogenated alkanes) is 2. The van der Waals surface area contributed by atoms with Gasteiger partial charge in [-0.25, -0.2) is 4.98 Å². The Morgan fingerprint density at radius 3 is 2.52 bits per heavy atom. The molecule has 1 saturated carbocycles. The highest BCUT2D eigenvalue weighted by Gasteiger charge is 2.42. The van der Waals surface area contributed by atoms with Crippen molar-refractivity contribution < 1.29 is 33.5 Å². The van der Waals surface area contributed by atoms with Crippen LogP contribution in [0.5, 0.6) is 5.75 Å². The molecule has 7 rings (SSSR count). The largest absolute Gasteiger partial charge is 0.495 e. The molecule has 61 heavy (non-hydrogen) atoms. The van der Waals surface area contributed by atoms with E-state index in [1.165, 1.54) is 4.90 Å². The molecule has 1 aromatic heterocycles. The maximum absolute atomic E-state index is 13.3. The number of likely N-dealkylation sites (N-methyl/N-ethyl adjacent to an activating group) is 1. The molecule has 3 aromatic rings. The molecule has 2 atom stereocenters. The van der Waals surface area contributed by atoms with Gasteiger partial charge in [0.1, 0.15) is 23.5 Å². The number of amides is 6. The molecule has 0 bridgehead atoms. The fourth-order valence-corrected chi connectivity index (χ4v) is 8.77. The van der Waals surface area contributed by atoms with Crippen LogP contribution in [-0.4, -0.2) is 102 Å². The second-order valence-corrected chi connectivity index (χ2v) is 16.1. The monoisotopic (exact) mass is 836 g/mol. The molecule has 0 radical (unpaired) electrons. The Bertz CT molecular complexity index is 2160. The summed E-state index contributed by atoms with van der Waals surface area (Å²) in [6.45, 7) is 4.23. The summed E-state index contributed by atoms with van der Waals surface area (Å²) < 4.78 is 5.65. The number of rotatable bonds is 18. The normalized spacial score (nSPS) is 18.8. The standard InChI is InChI=1S/C44H56N10O7/c1-4-33-43(60)52(2)35-25-47-44(51-39(35)54(33)28-12-7-8-13-28)49-32-18-17-27(24-36(32)61-3)40(57)46-23-11-22-45-21-9-5-6-16-37(55)48-31-15-10-14-29-30(31)26-53(42(29)59)34-19-20-38(56)50-41(34)58/h10,14-15,17-18,24-25,28,33-34,45H,4-9,11-13,16,19-23,26H2,1-3H3,(H,46,57)(H,48,55)(H,47,49,51)(H,50,56,58)/t33-,34?/m1/s1. The third-order valence-electron chi connectivity index (χ3n) is 12.1. The Labute approximate surface area is 355 Å². The number of imide groups is 1. The van der Waals surface area contributed by atoms with Crippen molar-refractivity contribution in [1.29, 1.82) is 0 Å². The predicted octanol–water partition coefficient (Wildman–Crippen LogP) is 4.40. The zero-order chi connectivity index (χ0) is 43.0. The molecule has 1 aliphatic carbocycles. The van der Waals surface area contributed by atoms with Crippen LogP contribution >= 0.6 is 0 Å². The van der Waals surface area contributed by atoms with Gasteiger partial charge in [0.15, 0.2) is 5.82 Å². The lowest BCUT2D eigenvalue weighted by Gasteiger charge is -2.43. The Balaban J connectivity index is 0.801. The molecule has 0 spiro atoms. The van der Waals surface area contributed by atoms with E-state index in [9.17, 15) is 28.8 Å². The molecule has 17 nitrogen and oxygen atoms in total. The molecule has 2 aromatic carbocycles. The first-order chi connectivity index (χ1) is 29.6. The van der Waals surface area contributed by atoms with E-state index in [1.54, 1.807) is 61.7 Å². The zero-order valence-electron chi connectivity index (χ0n) is 35.2. The lowest BCUT2D eigenvalue weighted by molar-refractivity contribution is -0.137. The highest BCUT2D eigenvalue weighted by Crippen LogP contribution is 2.40. The molecule has 3 aliphatic heterocycles. The zero-order valence-corrected chi connectivity index (χ0v) is 35.2. The van der Waals surface area contributed by atoms with Crippen LogP contribution in [-0.2, 0) is 25.7 Å². The van der Waals surface area contributed by atoms with Gasteiger partial charge in [-0.3, -0.25) is 34.1 Å². The van der Waals surface area contributed by atoms with Gasteiger partial charge in [-0.1, -0.05) is 32.3 Å². The van der Waals surface area contributed by atoms with E-state index in [0.717, 1.165) is 63.9 Å². The number of hydrogen-bond donors (Lipinski definition) is 5. The number of carbonyl (C=O) groups is 6. The molecular formula is C44H56N10O7. The van der Waals surface area contributed by atoms with Gasteiger partial charge in [-0.05, 0) is 88.4 Å². The van der Waals surface area contributed by atoms with Crippen LogP contribution in [0.25, 0.3) is 0 Å². The lowest BCUT2D eigenvalue weighted by Crippen LogP contribution is -2.55. The van der Waals surface area contributed by atoms with Crippen molar-refractivity contribution in [3.8, 4) is 5.75 Å². The van der Waals surface area contributed by atoms with E-state index in [4.69, 9.17) is 9.72 Å². The second kappa shape index (κ2) is 19.5. The topological polar surface area (TPSA) is 207 Å². The van der Waals surface area contributed by atoms with E-state index < -0.39 is 11.9 Å². The van der Waals surface area contributed by atoms with Crippen LogP contribution in [0.4, 0.5) is 28.8 Å². The Morgan fingerprint density at radius 2 is 1.75 bits per heavy atom. The van der Waals surface area contributed by atoms with E-state index in [1.807, 2.05) is 6.92 Å². The molecule has 2 fully saturated rings. The number of nitrogens with one attached hydrogen (secondary N) is 5. The number of anilines is 5. The third-order valence-corrected chi connectivity index (χ3v) is 12.1. The van der Waals surface area contributed by atoms with Crippen molar-refractivity contribution in [3.05, 3.63) is 59.3 Å². The van der Waals surface area contributed by atoms with Gasteiger partial charge in [-0.2, -0.15) is 4.98 Å². The molecule has 6 amide bonds.